The molecule has 0 radical (unpaired) electrons. The first kappa shape index (κ1) is 11.2. The number of methoxy groups -OCH3 is 1. The Kier molecular flexibility index (Phi) is 3.32. The van der Waals surface area contributed by atoms with Crippen molar-refractivity contribution in [2.75, 3.05) is 7.11 Å². The highest BCUT2D eigenvalue weighted by Crippen LogP contribution is 2.36. The zero-order chi connectivity index (χ0) is 10.8. The van der Waals surface area contributed by atoms with E-state index in [0.29, 0.717) is 0 Å². The highest BCUT2D eigenvalue weighted by atomic mass is 16.5. The molecule has 1 N–H and O–H groups in total. The lowest BCUT2D eigenvalue weighted by atomic mass is 9.76. The van der Waals surface area contributed by atoms with Crippen LogP contribution < -0.4 is 0 Å². The van der Waals surface area contributed by atoms with Crippen molar-refractivity contribution in [1.82, 2.24) is 0 Å². The van der Waals surface area contributed by atoms with Crippen LogP contribution in [0.1, 0.15) is 33.1 Å². The summed E-state index contributed by atoms with van der Waals surface area (Å²) in [5.74, 6) is -0.747. The molecular weight excluding hydrogens is 180 g/mol. The maximum Gasteiger partial charge on any atom is 0.307 e. The van der Waals surface area contributed by atoms with E-state index in [1.807, 2.05) is 0 Å². The fourth-order valence-corrected chi connectivity index (χ4v) is 2.13. The van der Waals surface area contributed by atoms with E-state index in [4.69, 9.17) is 9.84 Å². The molecule has 1 aliphatic rings. The van der Waals surface area contributed by atoms with Gasteiger partial charge < -0.3 is 9.84 Å². The van der Waals surface area contributed by atoms with Gasteiger partial charge in [-0.05, 0) is 12.8 Å². The lowest BCUT2D eigenvalue weighted by Gasteiger charge is -2.35. The molecule has 0 saturated heterocycles. The van der Waals surface area contributed by atoms with E-state index in [2.05, 4.69) is 19.9 Å². The Bertz CT molecular complexity index is 253. The number of aliphatic carboxylic acids is 1. The van der Waals surface area contributed by atoms with E-state index in [0.717, 1.165) is 18.4 Å². The summed E-state index contributed by atoms with van der Waals surface area (Å²) in [7, 11) is 1.71. The Morgan fingerprint density at radius 1 is 1.71 bits per heavy atom. The second-order valence-corrected chi connectivity index (χ2v) is 4.46. The third-order valence-electron chi connectivity index (χ3n) is 2.80. The van der Waals surface area contributed by atoms with Crippen molar-refractivity contribution in [1.29, 1.82) is 0 Å². The molecule has 1 aliphatic carbocycles. The highest BCUT2D eigenvalue weighted by molar-refractivity contribution is 5.70. The first-order chi connectivity index (χ1) is 6.45. The van der Waals surface area contributed by atoms with E-state index >= 15 is 0 Å². The predicted octanol–water partition coefficient (Wildman–Crippen LogP) is 2.22. The molecule has 0 spiro atoms. The number of carboxylic acids is 1. The van der Waals surface area contributed by atoms with Crippen LogP contribution in [0, 0.1) is 5.41 Å². The van der Waals surface area contributed by atoms with Crippen LogP contribution in [0.15, 0.2) is 11.6 Å². The molecule has 0 aliphatic heterocycles. The summed E-state index contributed by atoms with van der Waals surface area (Å²) in [5, 5.41) is 8.69. The molecule has 1 atom stereocenters. The molecule has 0 amide bonds. The SMILES string of the molecule is COC1CCC(CC(=O)O)=CC1(C)C. The molecule has 0 aromatic heterocycles. The van der Waals surface area contributed by atoms with E-state index in [-0.39, 0.29) is 17.9 Å². The Balaban J connectivity index is 2.74. The van der Waals surface area contributed by atoms with Crippen molar-refractivity contribution in [3.05, 3.63) is 11.6 Å². The summed E-state index contributed by atoms with van der Waals surface area (Å²) in [6.07, 6.45) is 4.19. The molecular formula is C11H18O3. The van der Waals surface area contributed by atoms with Gasteiger partial charge in [0.1, 0.15) is 0 Å². The lowest BCUT2D eigenvalue weighted by molar-refractivity contribution is -0.136. The van der Waals surface area contributed by atoms with Crippen molar-refractivity contribution in [2.24, 2.45) is 5.41 Å². The van der Waals surface area contributed by atoms with Crippen molar-refractivity contribution in [2.45, 2.75) is 39.2 Å². The average Bonchev–Trinajstić information content (AvgIpc) is 2.01. The Morgan fingerprint density at radius 2 is 2.36 bits per heavy atom. The quantitative estimate of drug-likeness (QED) is 0.707. The summed E-state index contributed by atoms with van der Waals surface area (Å²) < 4.78 is 5.37. The number of hydrogen-bond donors (Lipinski definition) is 1. The van der Waals surface area contributed by atoms with Crippen LogP contribution in [0.25, 0.3) is 0 Å². The number of carbonyl (C=O) groups is 1. The molecule has 0 aromatic rings. The average molecular weight is 198 g/mol. The minimum Gasteiger partial charge on any atom is -0.481 e. The van der Waals surface area contributed by atoms with Gasteiger partial charge in [-0.2, -0.15) is 0 Å². The second kappa shape index (κ2) is 4.13. The predicted molar refractivity (Wildman–Crippen MR) is 54.1 cm³/mol. The molecule has 0 aromatic carbocycles. The van der Waals surface area contributed by atoms with Crippen LogP contribution in [-0.4, -0.2) is 24.3 Å². The lowest BCUT2D eigenvalue weighted by Crippen LogP contribution is -2.32. The van der Waals surface area contributed by atoms with Crippen LogP contribution in [0.3, 0.4) is 0 Å². The number of rotatable bonds is 3. The highest BCUT2D eigenvalue weighted by Gasteiger charge is 2.31. The number of hydrogen-bond acceptors (Lipinski definition) is 2. The molecule has 80 valence electrons. The molecule has 14 heavy (non-hydrogen) atoms. The first-order valence-electron chi connectivity index (χ1n) is 4.91. The van der Waals surface area contributed by atoms with E-state index in [1.165, 1.54) is 0 Å². The standard InChI is InChI=1S/C11H18O3/c1-11(2)7-8(6-10(12)13)4-5-9(11)14-3/h7,9H,4-6H2,1-3H3,(H,12,13). The molecule has 0 fully saturated rings. The zero-order valence-corrected chi connectivity index (χ0v) is 9.04. The van der Waals surface area contributed by atoms with Crippen LogP contribution in [0.5, 0.6) is 0 Å². The van der Waals surface area contributed by atoms with Crippen molar-refractivity contribution >= 4 is 5.97 Å². The second-order valence-electron chi connectivity index (χ2n) is 4.46. The fourth-order valence-electron chi connectivity index (χ4n) is 2.13. The zero-order valence-electron chi connectivity index (χ0n) is 9.04. The summed E-state index contributed by atoms with van der Waals surface area (Å²) >= 11 is 0. The third-order valence-corrected chi connectivity index (χ3v) is 2.80. The van der Waals surface area contributed by atoms with Gasteiger partial charge in [0, 0.05) is 12.5 Å². The largest absolute Gasteiger partial charge is 0.481 e. The van der Waals surface area contributed by atoms with Gasteiger partial charge in [0.2, 0.25) is 0 Å². The van der Waals surface area contributed by atoms with E-state index in [9.17, 15) is 4.79 Å². The smallest absolute Gasteiger partial charge is 0.307 e. The van der Waals surface area contributed by atoms with Gasteiger partial charge in [0.15, 0.2) is 0 Å². The van der Waals surface area contributed by atoms with Gasteiger partial charge in [0.25, 0.3) is 0 Å². The summed E-state index contributed by atoms with van der Waals surface area (Å²) in [4.78, 5) is 10.6. The van der Waals surface area contributed by atoms with Crippen LogP contribution in [-0.2, 0) is 9.53 Å². The third kappa shape index (κ3) is 2.58. The van der Waals surface area contributed by atoms with Gasteiger partial charge in [0.05, 0.1) is 12.5 Å². The Hall–Kier alpha value is -0.830. The number of carboxylic acid groups (broad SMARTS) is 1. The molecule has 0 heterocycles. The minimum atomic E-state index is -0.747. The maximum absolute atomic E-state index is 10.6. The van der Waals surface area contributed by atoms with E-state index < -0.39 is 5.97 Å². The first-order valence-corrected chi connectivity index (χ1v) is 4.91. The van der Waals surface area contributed by atoms with Crippen LogP contribution in [0.4, 0.5) is 0 Å². The van der Waals surface area contributed by atoms with Crippen molar-refractivity contribution in [3.63, 3.8) is 0 Å². The Labute approximate surface area is 84.8 Å². The summed E-state index contributed by atoms with van der Waals surface area (Å²) in [6, 6.07) is 0. The Morgan fingerprint density at radius 3 is 2.79 bits per heavy atom. The maximum atomic E-state index is 10.6. The monoisotopic (exact) mass is 198 g/mol. The summed E-state index contributed by atoms with van der Waals surface area (Å²) in [5.41, 5.74) is 0.980. The number of ether oxygens (including phenoxy) is 1. The fraction of sp³-hybridized carbons (Fsp3) is 0.727. The minimum absolute atomic E-state index is 0.0439. The molecule has 3 heteroatoms. The molecule has 1 unspecified atom stereocenters. The van der Waals surface area contributed by atoms with Crippen LogP contribution >= 0.6 is 0 Å². The van der Waals surface area contributed by atoms with Gasteiger partial charge in [-0.3, -0.25) is 4.79 Å². The topological polar surface area (TPSA) is 46.5 Å². The normalized spacial score (nSPS) is 25.6. The van der Waals surface area contributed by atoms with Crippen molar-refractivity contribution in [3.8, 4) is 0 Å². The molecule has 0 bridgehead atoms. The van der Waals surface area contributed by atoms with Crippen LogP contribution in [0.2, 0.25) is 0 Å². The molecule has 1 rings (SSSR count). The van der Waals surface area contributed by atoms with Crippen molar-refractivity contribution < 1.29 is 14.6 Å². The molecule has 0 saturated carbocycles. The van der Waals surface area contributed by atoms with Gasteiger partial charge in [-0.25, -0.2) is 0 Å². The van der Waals surface area contributed by atoms with Gasteiger partial charge in [-0.15, -0.1) is 0 Å². The van der Waals surface area contributed by atoms with Gasteiger partial charge >= 0.3 is 5.97 Å². The molecule has 3 nitrogen and oxygen atoms in total. The summed E-state index contributed by atoms with van der Waals surface area (Å²) in [6.45, 7) is 4.17. The van der Waals surface area contributed by atoms with E-state index in [1.54, 1.807) is 7.11 Å². The van der Waals surface area contributed by atoms with Gasteiger partial charge in [-0.1, -0.05) is 25.5 Å².